The minimum atomic E-state index is 0.746. The van der Waals surface area contributed by atoms with Gasteiger partial charge >= 0.3 is 0 Å². The van der Waals surface area contributed by atoms with Crippen molar-refractivity contribution in [2.45, 2.75) is 39.2 Å². The molecule has 0 atom stereocenters. The Kier molecular flexibility index (Phi) is 3.44. The molecule has 0 radical (unpaired) electrons. The van der Waals surface area contributed by atoms with E-state index in [-0.39, 0.29) is 0 Å². The first kappa shape index (κ1) is 10.3. The fourth-order valence-electron chi connectivity index (χ4n) is 1.92. The van der Waals surface area contributed by atoms with Gasteiger partial charge in [0.15, 0.2) is 0 Å². The Morgan fingerprint density at radius 1 is 1.27 bits per heavy atom. The third-order valence-electron chi connectivity index (χ3n) is 2.80. The number of hydrogen-bond acceptors (Lipinski definition) is 1. The molecule has 0 saturated carbocycles. The Morgan fingerprint density at radius 3 is 3.00 bits per heavy atom. The zero-order chi connectivity index (χ0) is 10.5. The van der Waals surface area contributed by atoms with Gasteiger partial charge in [0, 0.05) is 11.1 Å². The van der Waals surface area contributed by atoms with E-state index in [1.807, 2.05) is 0 Å². The lowest BCUT2D eigenvalue weighted by Crippen LogP contribution is -1.80. The largest absolute Gasteiger partial charge is 0.489 e. The van der Waals surface area contributed by atoms with Crippen molar-refractivity contribution in [3.8, 4) is 0 Å². The van der Waals surface area contributed by atoms with E-state index in [1.165, 1.54) is 30.4 Å². The van der Waals surface area contributed by atoms with E-state index in [0.717, 1.165) is 18.8 Å². The molecule has 15 heavy (non-hydrogen) atoms. The number of benzene rings is 1. The van der Waals surface area contributed by atoms with Gasteiger partial charge in [0.1, 0.15) is 12.4 Å². The van der Waals surface area contributed by atoms with Crippen LogP contribution in [0.3, 0.4) is 0 Å². The highest BCUT2D eigenvalue weighted by atomic mass is 16.5. The Balaban J connectivity index is 2.00. The molecule has 1 aliphatic heterocycles. The summed E-state index contributed by atoms with van der Waals surface area (Å²) >= 11 is 0. The molecule has 2 rings (SSSR count). The molecule has 0 spiro atoms. The van der Waals surface area contributed by atoms with E-state index in [2.05, 4.69) is 37.3 Å². The minimum absolute atomic E-state index is 0.746. The number of fused-ring (bicyclic) bond motifs is 1. The molecule has 0 N–H and O–H groups in total. The fraction of sp³-hybridized carbons (Fsp3) is 0.429. The summed E-state index contributed by atoms with van der Waals surface area (Å²) in [6.45, 7) is 2.98. The van der Waals surface area contributed by atoms with Crippen LogP contribution in [0.4, 0.5) is 0 Å². The third-order valence-corrected chi connectivity index (χ3v) is 2.80. The molecular formula is C14H18O. The van der Waals surface area contributed by atoms with Crippen LogP contribution in [0.5, 0.6) is 0 Å². The maximum Gasteiger partial charge on any atom is 0.123 e. The summed E-state index contributed by atoms with van der Waals surface area (Å²) in [5.41, 5.74) is 2.60. The molecule has 0 amide bonds. The second-order valence-corrected chi connectivity index (χ2v) is 4.01. The van der Waals surface area contributed by atoms with Gasteiger partial charge in [0.2, 0.25) is 0 Å². The van der Waals surface area contributed by atoms with Crippen LogP contribution in [0.1, 0.15) is 43.7 Å². The molecule has 80 valence electrons. The SMILES string of the molecule is CCCCC/C=C1\OCc2ccccc21. The molecule has 1 aliphatic rings. The van der Waals surface area contributed by atoms with Gasteiger partial charge in [-0.1, -0.05) is 44.0 Å². The first-order valence-electron chi connectivity index (χ1n) is 5.83. The zero-order valence-corrected chi connectivity index (χ0v) is 9.33. The highest BCUT2D eigenvalue weighted by Crippen LogP contribution is 2.29. The minimum Gasteiger partial charge on any atom is -0.489 e. The Bertz CT molecular complexity index is 352. The van der Waals surface area contributed by atoms with Gasteiger partial charge < -0.3 is 4.74 Å². The molecule has 0 bridgehead atoms. The summed E-state index contributed by atoms with van der Waals surface area (Å²) in [5, 5.41) is 0. The van der Waals surface area contributed by atoms with Gasteiger partial charge in [-0.3, -0.25) is 0 Å². The van der Waals surface area contributed by atoms with Crippen molar-refractivity contribution in [2.75, 3.05) is 0 Å². The molecule has 1 heterocycles. The number of unbranched alkanes of at least 4 members (excludes halogenated alkanes) is 3. The second kappa shape index (κ2) is 5.01. The average Bonchev–Trinajstić information content (AvgIpc) is 2.68. The van der Waals surface area contributed by atoms with Crippen LogP contribution in [0.15, 0.2) is 30.3 Å². The molecule has 0 fully saturated rings. The van der Waals surface area contributed by atoms with Crippen LogP contribution in [0.25, 0.3) is 5.76 Å². The van der Waals surface area contributed by atoms with Crippen LogP contribution in [-0.2, 0) is 11.3 Å². The average molecular weight is 202 g/mol. The lowest BCUT2D eigenvalue weighted by atomic mass is 10.1. The maximum absolute atomic E-state index is 5.66. The lowest BCUT2D eigenvalue weighted by Gasteiger charge is -1.99. The Hall–Kier alpha value is -1.24. The Labute approximate surface area is 91.8 Å². The summed E-state index contributed by atoms with van der Waals surface area (Å²) in [4.78, 5) is 0. The topological polar surface area (TPSA) is 9.23 Å². The van der Waals surface area contributed by atoms with Crippen LogP contribution in [0, 0.1) is 0 Å². The lowest BCUT2D eigenvalue weighted by molar-refractivity contribution is 0.284. The van der Waals surface area contributed by atoms with Crippen molar-refractivity contribution in [3.63, 3.8) is 0 Å². The van der Waals surface area contributed by atoms with Crippen molar-refractivity contribution >= 4 is 5.76 Å². The van der Waals surface area contributed by atoms with Crippen molar-refractivity contribution < 1.29 is 4.74 Å². The summed E-state index contributed by atoms with van der Waals surface area (Å²) in [7, 11) is 0. The Morgan fingerprint density at radius 2 is 2.13 bits per heavy atom. The van der Waals surface area contributed by atoms with Crippen molar-refractivity contribution in [1.82, 2.24) is 0 Å². The summed E-state index contributed by atoms with van der Waals surface area (Å²) in [5.74, 6) is 1.08. The number of allylic oxidation sites excluding steroid dienone is 1. The van der Waals surface area contributed by atoms with E-state index in [0.29, 0.717) is 0 Å². The molecule has 1 aromatic rings. The van der Waals surface area contributed by atoms with E-state index in [1.54, 1.807) is 0 Å². The van der Waals surface area contributed by atoms with Gasteiger partial charge in [0.25, 0.3) is 0 Å². The fourth-order valence-corrected chi connectivity index (χ4v) is 1.92. The molecule has 0 aromatic heterocycles. The van der Waals surface area contributed by atoms with Gasteiger partial charge in [-0.2, -0.15) is 0 Å². The zero-order valence-electron chi connectivity index (χ0n) is 9.33. The van der Waals surface area contributed by atoms with Crippen LogP contribution in [-0.4, -0.2) is 0 Å². The highest BCUT2D eigenvalue weighted by Gasteiger charge is 2.15. The summed E-state index contributed by atoms with van der Waals surface area (Å²) in [6, 6.07) is 8.44. The quantitative estimate of drug-likeness (QED) is 0.667. The summed E-state index contributed by atoms with van der Waals surface area (Å²) < 4.78 is 5.66. The maximum atomic E-state index is 5.66. The molecule has 0 saturated heterocycles. The van der Waals surface area contributed by atoms with Crippen molar-refractivity contribution in [3.05, 3.63) is 41.5 Å². The molecule has 1 nitrogen and oxygen atoms in total. The highest BCUT2D eigenvalue weighted by molar-refractivity contribution is 5.65. The smallest absolute Gasteiger partial charge is 0.123 e. The molecule has 1 heteroatoms. The second-order valence-electron chi connectivity index (χ2n) is 4.01. The first-order valence-corrected chi connectivity index (χ1v) is 5.83. The number of rotatable bonds is 4. The third kappa shape index (κ3) is 2.41. The first-order chi connectivity index (χ1) is 7.42. The van der Waals surface area contributed by atoms with Gasteiger partial charge in [-0.25, -0.2) is 0 Å². The molecule has 0 unspecified atom stereocenters. The van der Waals surface area contributed by atoms with Crippen LogP contribution in [0.2, 0.25) is 0 Å². The van der Waals surface area contributed by atoms with E-state index in [4.69, 9.17) is 4.74 Å². The van der Waals surface area contributed by atoms with E-state index < -0.39 is 0 Å². The monoisotopic (exact) mass is 202 g/mol. The van der Waals surface area contributed by atoms with Crippen molar-refractivity contribution in [2.24, 2.45) is 0 Å². The summed E-state index contributed by atoms with van der Waals surface area (Å²) in [6.07, 6.45) is 7.23. The normalized spacial score (nSPS) is 16.5. The standard InChI is InChI=1S/C14H18O/c1-2-3-4-5-10-14-13-9-7-6-8-12(13)11-15-14/h6-10H,2-5,11H2,1H3/b14-10-. The van der Waals surface area contributed by atoms with Crippen molar-refractivity contribution in [1.29, 1.82) is 0 Å². The van der Waals surface area contributed by atoms with E-state index in [9.17, 15) is 0 Å². The predicted molar refractivity (Wildman–Crippen MR) is 63.4 cm³/mol. The van der Waals surface area contributed by atoms with Crippen LogP contribution < -0.4 is 0 Å². The van der Waals surface area contributed by atoms with Gasteiger partial charge in [-0.05, 0) is 18.9 Å². The van der Waals surface area contributed by atoms with Crippen LogP contribution >= 0.6 is 0 Å². The van der Waals surface area contributed by atoms with Gasteiger partial charge in [-0.15, -0.1) is 0 Å². The molecule has 0 aliphatic carbocycles. The predicted octanol–water partition coefficient (Wildman–Crippen LogP) is 4.14. The van der Waals surface area contributed by atoms with Gasteiger partial charge in [0.05, 0.1) is 0 Å². The number of ether oxygens (including phenoxy) is 1. The number of hydrogen-bond donors (Lipinski definition) is 0. The molecular weight excluding hydrogens is 184 g/mol. The van der Waals surface area contributed by atoms with E-state index >= 15 is 0 Å². The molecule has 1 aromatic carbocycles.